The Labute approximate surface area is 79.9 Å². The van der Waals surface area contributed by atoms with Gasteiger partial charge in [0.1, 0.15) is 5.01 Å². The molecule has 1 N–H and O–H groups in total. The normalized spacial score (nSPS) is 11.9. The smallest absolute Gasteiger partial charge is 0.236 e. The van der Waals surface area contributed by atoms with E-state index in [-0.39, 0.29) is 6.16 Å². The van der Waals surface area contributed by atoms with E-state index < -0.39 is 8.03 Å². The van der Waals surface area contributed by atoms with E-state index in [2.05, 4.69) is 4.98 Å². The minimum Gasteiger partial charge on any atom is -0.236 e. The highest BCUT2D eigenvalue weighted by molar-refractivity contribution is 7.38. The van der Waals surface area contributed by atoms with Crippen molar-refractivity contribution in [2.45, 2.75) is 6.16 Å². The highest BCUT2D eigenvalue weighted by Crippen LogP contribution is 2.28. The molecule has 13 heavy (non-hydrogen) atoms. The highest BCUT2D eigenvalue weighted by Gasteiger charge is 2.15. The fourth-order valence-electron chi connectivity index (χ4n) is 1.10. The number of hydrogen-bond donors (Lipinski definition) is 1. The second-order valence-electron chi connectivity index (χ2n) is 2.59. The summed E-state index contributed by atoms with van der Waals surface area (Å²) in [5.74, 6) is 0. The largest absolute Gasteiger partial charge is 0.512 e. The summed E-state index contributed by atoms with van der Waals surface area (Å²) in [6, 6.07) is 7.70. The minimum absolute atomic E-state index is 0.161. The maximum absolute atomic E-state index is 10.6. The van der Waals surface area contributed by atoms with Crippen molar-refractivity contribution >= 4 is 29.6 Å². The molecular formula is C8H7NO2PS+. The van der Waals surface area contributed by atoms with Crippen LogP contribution in [0.25, 0.3) is 10.2 Å². The van der Waals surface area contributed by atoms with Gasteiger partial charge in [0, 0.05) is 0 Å². The first-order chi connectivity index (χ1) is 6.25. The Morgan fingerprint density at radius 2 is 2.23 bits per heavy atom. The second kappa shape index (κ2) is 3.50. The summed E-state index contributed by atoms with van der Waals surface area (Å²) in [7, 11) is -2.12. The van der Waals surface area contributed by atoms with E-state index in [1.807, 2.05) is 24.3 Å². The van der Waals surface area contributed by atoms with E-state index in [1.165, 1.54) is 11.3 Å². The Morgan fingerprint density at radius 1 is 1.46 bits per heavy atom. The number of fused-ring (bicyclic) bond motifs is 1. The molecule has 0 aliphatic heterocycles. The SMILES string of the molecule is O=[P+](O)Cc1nc2ccccc2s1. The van der Waals surface area contributed by atoms with Crippen molar-refractivity contribution in [1.82, 2.24) is 4.98 Å². The first-order valence-corrected chi connectivity index (χ1v) is 5.95. The van der Waals surface area contributed by atoms with Crippen molar-refractivity contribution < 1.29 is 9.46 Å². The summed E-state index contributed by atoms with van der Waals surface area (Å²) in [5, 5.41) is 0.727. The van der Waals surface area contributed by atoms with Gasteiger partial charge < -0.3 is 0 Å². The molecule has 0 bridgehead atoms. The Morgan fingerprint density at radius 3 is 2.92 bits per heavy atom. The molecule has 0 fully saturated rings. The van der Waals surface area contributed by atoms with Crippen LogP contribution in [0.15, 0.2) is 24.3 Å². The van der Waals surface area contributed by atoms with Gasteiger partial charge >= 0.3 is 8.03 Å². The van der Waals surface area contributed by atoms with Gasteiger partial charge in [0.15, 0.2) is 0 Å². The zero-order valence-corrected chi connectivity index (χ0v) is 8.39. The topological polar surface area (TPSA) is 50.2 Å². The van der Waals surface area contributed by atoms with Crippen LogP contribution in [0.1, 0.15) is 5.01 Å². The number of benzene rings is 1. The lowest BCUT2D eigenvalue weighted by atomic mass is 10.3. The van der Waals surface area contributed by atoms with E-state index in [0.717, 1.165) is 15.2 Å². The molecule has 0 saturated heterocycles. The fourth-order valence-corrected chi connectivity index (χ4v) is 2.76. The van der Waals surface area contributed by atoms with Gasteiger partial charge in [-0.2, -0.15) is 4.89 Å². The first kappa shape index (κ1) is 8.75. The summed E-state index contributed by atoms with van der Waals surface area (Å²) in [6.07, 6.45) is 0.161. The van der Waals surface area contributed by atoms with E-state index in [1.54, 1.807) is 0 Å². The second-order valence-corrected chi connectivity index (χ2v) is 4.72. The summed E-state index contributed by atoms with van der Waals surface area (Å²) < 4.78 is 11.6. The van der Waals surface area contributed by atoms with Gasteiger partial charge in [-0.3, -0.25) is 0 Å². The molecule has 1 atom stereocenters. The monoisotopic (exact) mass is 212 g/mol. The molecule has 1 aromatic carbocycles. The van der Waals surface area contributed by atoms with Crippen LogP contribution in [0.3, 0.4) is 0 Å². The number of hydrogen-bond acceptors (Lipinski definition) is 3. The average molecular weight is 212 g/mol. The van der Waals surface area contributed by atoms with Gasteiger partial charge in [0.05, 0.1) is 10.2 Å². The molecule has 0 aliphatic carbocycles. The first-order valence-electron chi connectivity index (χ1n) is 3.74. The maximum Gasteiger partial charge on any atom is 0.512 e. The summed E-state index contributed by atoms with van der Waals surface area (Å²) in [5.41, 5.74) is 0.902. The summed E-state index contributed by atoms with van der Waals surface area (Å²) >= 11 is 1.47. The Hall–Kier alpha value is -0.830. The van der Waals surface area contributed by atoms with Crippen LogP contribution < -0.4 is 0 Å². The molecule has 2 aromatic rings. The molecule has 0 saturated carbocycles. The number of aromatic nitrogens is 1. The van der Waals surface area contributed by atoms with E-state index in [0.29, 0.717) is 0 Å². The number of para-hydroxylation sites is 1. The Bertz CT molecular complexity index is 421. The van der Waals surface area contributed by atoms with Crippen molar-refractivity contribution in [3.63, 3.8) is 0 Å². The lowest BCUT2D eigenvalue weighted by Gasteiger charge is -1.80. The van der Waals surface area contributed by atoms with Crippen LogP contribution in [0.2, 0.25) is 0 Å². The van der Waals surface area contributed by atoms with Gasteiger partial charge in [-0.1, -0.05) is 12.1 Å². The third kappa shape index (κ3) is 1.91. The van der Waals surface area contributed by atoms with Crippen molar-refractivity contribution in [3.05, 3.63) is 29.3 Å². The lowest BCUT2D eigenvalue weighted by molar-refractivity contribution is 0.502. The van der Waals surface area contributed by atoms with Crippen LogP contribution in [0.5, 0.6) is 0 Å². The minimum atomic E-state index is -2.12. The maximum atomic E-state index is 10.6. The van der Waals surface area contributed by atoms with Gasteiger partial charge in [0.2, 0.25) is 6.16 Å². The quantitative estimate of drug-likeness (QED) is 0.778. The standard InChI is InChI=1S/C8H6NO2PS/c10-12(11)5-8-9-6-3-1-2-4-7(6)13-8/h1-4H,5H2/p+1. The third-order valence-corrected chi connectivity index (χ3v) is 3.43. The van der Waals surface area contributed by atoms with E-state index in [9.17, 15) is 4.57 Å². The molecule has 5 heteroatoms. The molecule has 2 rings (SSSR count). The number of nitrogens with zero attached hydrogens (tertiary/aromatic N) is 1. The van der Waals surface area contributed by atoms with Gasteiger partial charge in [-0.25, -0.2) is 4.98 Å². The average Bonchev–Trinajstić information content (AvgIpc) is 2.44. The molecule has 0 radical (unpaired) electrons. The Balaban J connectivity index is 2.44. The van der Waals surface area contributed by atoms with Crippen molar-refractivity contribution in [1.29, 1.82) is 0 Å². The van der Waals surface area contributed by atoms with Crippen molar-refractivity contribution in [2.75, 3.05) is 0 Å². The zero-order chi connectivity index (χ0) is 9.26. The Kier molecular flexibility index (Phi) is 2.36. The van der Waals surface area contributed by atoms with Gasteiger partial charge in [0.25, 0.3) is 0 Å². The molecule has 0 aliphatic rings. The number of thiazole rings is 1. The van der Waals surface area contributed by atoms with Crippen LogP contribution in [0, 0.1) is 0 Å². The summed E-state index contributed by atoms with van der Waals surface area (Å²) in [4.78, 5) is 12.9. The third-order valence-electron chi connectivity index (χ3n) is 1.61. The molecule has 1 heterocycles. The summed E-state index contributed by atoms with van der Waals surface area (Å²) in [6.45, 7) is 0. The molecule has 3 nitrogen and oxygen atoms in total. The zero-order valence-electron chi connectivity index (χ0n) is 6.67. The predicted molar refractivity (Wildman–Crippen MR) is 53.1 cm³/mol. The predicted octanol–water partition coefficient (Wildman–Crippen LogP) is 2.53. The fraction of sp³-hybridized carbons (Fsp3) is 0.125. The van der Waals surface area contributed by atoms with Crippen LogP contribution in [0.4, 0.5) is 0 Å². The van der Waals surface area contributed by atoms with Gasteiger partial charge in [-0.05, 0) is 16.7 Å². The molecule has 1 unspecified atom stereocenters. The van der Waals surface area contributed by atoms with Crippen LogP contribution in [-0.4, -0.2) is 9.88 Å². The van der Waals surface area contributed by atoms with Crippen LogP contribution in [-0.2, 0) is 10.7 Å². The molecule has 0 amide bonds. The molecule has 0 spiro atoms. The number of rotatable bonds is 2. The van der Waals surface area contributed by atoms with E-state index in [4.69, 9.17) is 4.89 Å². The van der Waals surface area contributed by atoms with Gasteiger partial charge in [-0.15, -0.1) is 11.3 Å². The molecule has 1 aromatic heterocycles. The van der Waals surface area contributed by atoms with Crippen LogP contribution >= 0.6 is 19.4 Å². The van der Waals surface area contributed by atoms with E-state index >= 15 is 0 Å². The highest BCUT2D eigenvalue weighted by atomic mass is 32.1. The molecular weight excluding hydrogens is 205 g/mol. The van der Waals surface area contributed by atoms with Crippen molar-refractivity contribution in [3.8, 4) is 0 Å². The van der Waals surface area contributed by atoms with Crippen molar-refractivity contribution in [2.24, 2.45) is 0 Å². The lowest BCUT2D eigenvalue weighted by Crippen LogP contribution is -1.75. The molecule has 66 valence electrons.